The van der Waals surface area contributed by atoms with Gasteiger partial charge in [-0.1, -0.05) is 0 Å². The molecule has 1 heterocycles. The molecular weight excluding hydrogens is 158 g/mol. The van der Waals surface area contributed by atoms with Crippen LogP contribution >= 0.6 is 11.8 Å². The van der Waals surface area contributed by atoms with E-state index < -0.39 is 0 Å². The SMILES string of the molecule is CSc1cc(C)c(CO)cn1. The Morgan fingerprint density at radius 3 is 2.82 bits per heavy atom. The van der Waals surface area contributed by atoms with Gasteiger partial charge < -0.3 is 5.11 Å². The molecule has 0 aliphatic rings. The molecule has 3 heteroatoms. The van der Waals surface area contributed by atoms with Crippen molar-refractivity contribution in [3.8, 4) is 0 Å². The van der Waals surface area contributed by atoms with Gasteiger partial charge in [0.1, 0.15) is 0 Å². The van der Waals surface area contributed by atoms with Gasteiger partial charge in [-0.05, 0) is 30.4 Å². The maximum absolute atomic E-state index is 8.84. The second-order valence-electron chi connectivity index (χ2n) is 2.31. The van der Waals surface area contributed by atoms with Crippen LogP contribution in [0.1, 0.15) is 11.1 Å². The van der Waals surface area contributed by atoms with Crippen LogP contribution in [-0.2, 0) is 6.61 Å². The van der Waals surface area contributed by atoms with E-state index in [0.29, 0.717) is 0 Å². The number of aryl methyl sites for hydroxylation is 1. The number of aliphatic hydroxyl groups is 1. The first-order chi connectivity index (χ1) is 5.27. The molecule has 0 radical (unpaired) electrons. The highest BCUT2D eigenvalue weighted by Gasteiger charge is 1.98. The van der Waals surface area contributed by atoms with Crippen molar-refractivity contribution in [1.29, 1.82) is 0 Å². The monoisotopic (exact) mass is 169 g/mol. The first-order valence-electron chi connectivity index (χ1n) is 3.38. The van der Waals surface area contributed by atoms with Crippen molar-refractivity contribution in [1.82, 2.24) is 4.98 Å². The maximum atomic E-state index is 8.84. The minimum atomic E-state index is 0.0769. The predicted molar refractivity (Wildman–Crippen MR) is 46.7 cm³/mol. The summed E-state index contributed by atoms with van der Waals surface area (Å²) in [5.41, 5.74) is 2.01. The zero-order chi connectivity index (χ0) is 8.27. The predicted octanol–water partition coefficient (Wildman–Crippen LogP) is 1.60. The Labute approximate surface area is 70.7 Å². The lowest BCUT2D eigenvalue weighted by Gasteiger charge is -2.02. The molecule has 1 rings (SSSR count). The van der Waals surface area contributed by atoms with Gasteiger partial charge >= 0.3 is 0 Å². The van der Waals surface area contributed by atoms with Crippen molar-refractivity contribution in [2.45, 2.75) is 18.6 Å². The summed E-state index contributed by atoms with van der Waals surface area (Å²) >= 11 is 1.61. The lowest BCUT2D eigenvalue weighted by Crippen LogP contribution is -1.90. The van der Waals surface area contributed by atoms with E-state index in [4.69, 9.17) is 5.11 Å². The normalized spacial score (nSPS) is 10.1. The van der Waals surface area contributed by atoms with Crippen molar-refractivity contribution in [3.63, 3.8) is 0 Å². The number of hydrogen-bond donors (Lipinski definition) is 1. The average Bonchev–Trinajstić information content (AvgIpc) is 2.04. The van der Waals surface area contributed by atoms with Gasteiger partial charge in [-0.15, -0.1) is 11.8 Å². The number of nitrogens with zero attached hydrogens (tertiary/aromatic N) is 1. The third-order valence-corrected chi connectivity index (χ3v) is 2.22. The number of pyridine rings is 1. The van der Waals surface area contributed by atoms with Crippen LogP contribution in [0.5, 0.6) is 0 Å². The standard InChI is InChI=1S/C8H11NOS/c1-6-3-8(11-2)9-4-7(6)5-10/h3-4,10H,5H2,1-2H3. The summed E-state index contributed by atoms with van der Waals surface area (Å²) in [6.07, 6.45) is 3.71. The molecular formula is C8H11NOS. The summed E-state index contributed by atoms with van der Waals surface area (Å²) in [5.74, 6) is 0. The summed E-state index contributed by atoms with van der Waals surface area (Å²) in [7, 11) is 0. The first kappa shape index (κ1) is 8.56. The highest BCUT2D eigenvalue weighted by atomic mass is 32.2. The van der Waals surface area contributed by atoms with E-state index in [1.165, 1.54) is 0 Å². The van der Waals surface area contributed by atoms with Crippen molar-refractivity contribution in [2.24, 2.45) is 0 Å². The Balaban J connectivity index is 2.99. The van der Waals surface area contributed by atoms with E-state index in [1.54, 1.807) is 18.0 Å². The summed E-state index contributed by atoms with van der Waals surface area (Å²) in [4.78, 5) is 4.13. The summed E-state index contributed by atoms with van der Waals surface area (Å²) in [6, 6.07) is 1.98. The summed E-state index contributed by atoms with van der Waals surface area (Å²) in [5, 5.41) is 9.83. The van der Waals surface area contributed by atoms with Crippen LogP contribution < -0.4 is 0 Å². The molecule has 0 unspecified atom stereocenters. The molecule has 1 aromatic rings. The van der Waals surface area contributed by atoms with Gasteiger partial charge in [0.05, 0.1) is 11.6 Å². The van der Waals surface area contributed by atoms with Gasteiger partial charge in [0.15, 0.2) is 0 Å². The Kier molecular flexibility index (Phi) is 2.91. The summed E-state index contributed by atoms with van der Waals surface area (Å²) < 4.78 is 0. The minimum absolute atomic E-state index is 0.0769. The molecule has 2 nitrogen and oxygen atoms in total. The molecule has 0 aliphatic heterocycles. The quantitative estimate of drug-likeness (QED) is 0.683. The number of aromatic nitrogens is 1. The number of aliphatic hydroxyl groups excluding tert-OH is 1. The fourth-order valence-corrected chi connectivity index (χ4v) is 1.29. The Hall–Kier alpha value is -0.540. The largest absolute Gasteiger partial charge is 0.392 e. The van der Waals surface area contributed by atoms with Crippen LogP contribution in [-0.4, -0.2) is 16.3 Å². The van der Waals surface area contributed by atoms with Gasteiger partial charge in [0.2, 0.25) is 0 Å². The van der Waals surface area contributed by atoms with Crippen molar-refractivity contribution < 1.29 is 5.11 Å². The second-order valence-corrected chi connectivity index (χ2v) is 3.14. The topological polar surface area (TPSA) is 33.1 Å². The molecule has 0 spiro atoms. The average molecular weight is 169 g/mol. The molecule has 1 aromatic heterocycles. The van der Waals surface area contributed by atoms with Crippen LogP contribution in [0.3, 0.4) is 0 Å². The van der Waals surface area contributed by atoms with E-state index in [9.17, 15) is 0 Å². The molecule has 60 valence electrons. The smallest absolute Gasteiger partial charge is 0.0959 e. The van der Waals surface area contributed by atoms with Gasteiger partial charge in [0, 0.05) is 6.20 Å². The molecule has 0 saturated heterocycles. The van der Waals surface area contributed by atoms with E-state index in [-0.39, 0.29) is 6.61 Å². The molecule has 1 N–H and O–H groups in total. The van der Waals surface area contributed by atoms with Crippen LogP contribution in [0, 0.1) is 6.92 Å². The van der Waals surface area contributed by atoms with Gasteiger partial charge in [-0.3, -0.25) is 0 Å². The Morgan fingerprint density at radius 1 is 1.64 bits per heavy atom. The second kappa shape index (κ2) is 3.74. The molecule has 0 saturated carbocycles. The Bertz CT molecular complexity index is 250. The third kappa shape index (κ3) is 1.94. The zero-order valence-electron chi connectivity index (χ0n) is 6.66. The minimum Gasteiger partial charge on any atom is -0.392 e. The van der Waals surface area contributed by atoms with Crippen LogP contribution in [0.2, 0.25) is 0 Å². The third-order valence-electron chi connectivity index (χ3n) is 1.57. The molecule has 0 aromatic carbocycles. The van der Waals surface area contributed by atoms with Gasteiger partial charge in [-0.25, -0.2) is 4.98 Å². The maximum Gasteiger partial charge on any atom is 0.0959 e. The highest BCUT2D eigenvalue weighted by molar-refractivity contribution is 7.98. The zero-order valence-corrected chi connectivity index (χ0v) is 7.48. The molecule has 0 amide bonds. The van der Waals surface area contributed by atoms with Crippen molar-refractivity contribution in [2.75, 3.05) is 6.26 Å². The fourth-order valence-electron chi connectivity index (χ4n) is 0.836. The summed E-state index contributed by atoms with van der Waals surface area (Å²) in [6.45, 7) is 2.06. The number of thioether (sulfide) groups is 1. The van der Waals surface area contributed by atoms with Crippen molar-refractivity contribution in [3.05, 3.63) is 23.4 Å². The van der Waals surface area contributed by atoms with Crippen LogP contribution in [0.25, 0.3) is 0 Å². The lowest BCUT2D eigenvalue weighted by atomic mass is 10.2. The molecule has 11 heavy (non-hydrogen) atoms. The van der Waals surface area contributed by atoms with Gasteiger partial charge in [-0.2, -0.15) is 0 Å². The van der Waals surface area contributed by atoms with E-state index >= 15 is 0 Å². The molecule has 0 fully saturated rings. The van der Waals surface area contributed by atoms with Crippen LogP contribution in [0.15, 0.2) is 17.3 Å². The highest BCUT2D eigenvalue weighted by Crippen LogP contribution is 2.15. The lowest BCUT2D eigenvalue weighted by molar-refractivity contribution is 0.280. The van der Waals surface area contributed by atoms with Crippen molar-refractivity contribution >= 4 is 11.8 Å². The number of hydrogen-bond acceptors (Lipinski definition) is 3. The van der Waals surface area contributed by atoms with Crippen LogP contribution in [0.4, 0.5) is 0 Å². The molecule has 0 atom stereocenters. The molecule has 0 aliphatic carbocycles. The van der Waals surface area contributed by atoms with E-state index in [0.717, 1.165) is 16.2 Å². The van der Waals surface area contributed by atoms with E-state index in [1.807, 2.05) is 19.2 Å². The fraction of sp³-hybridized carbons (Fsp3) is 0.375. The first-order valence-corrected chi connectivity index (χ1v) is 4.60. The molecule has 0 bridgehead atoms. The van der Waals surface area contributed by atoms with E-state index in [2.05, 4.69) is 4.98 Å². The number of rotatable bonds is 2. The Morgan fingerprint density at radius 2 is 2.36 bits per heavy atom. The van der Waals surface area contributed by atoms with Gasteiger partial charge in [0.25, 0.3) is 0 Å².